The summed E-state index contributed by atoms with van der Waals surface area (Å²) in [5, 5.41) is 13.6. The molecule has 1 fully saturated rings. The minimum atomic E-state index is -2.11. The van der Waals surface area contributed by atoms with Crippen molar-refractivity contribution < 1.29 is 19.4 Å². The van der Waals surface area contributed by atoms with Crippen LogP contribution in [-0.2, 0) is 9.53 Å². The number of benzene rings is 1. The van der Waals surface area contributed by atoms with Crippen LogP contribution in [0.1, 0.15) is 24.2 Å². The molecule has 0 spiro atoms. The molecule has 0 radical (unpaired) electrons. The van der Waals surface area contributed by atoms with Crippen molar-refractivity contribution in [3.8, 4) is 0 Å². The van der Waals surface area contributed by atoms with Gasteiger partial charge in [-0.3, -0.25) is 9.59 Å². The highest BCUT2D eigenvalue weighted by Crippen LogP contribution is 2.34. The summed E-state index contributed by atoms with van der Waals surface area (Å²) >= 11 is 0. The van der Waals surface area contributed by atoms with Crippen molar-refractivity contribution in [1.29, 1.82) is 0 Å². The number of hydrogen-bond acceptors (Lipinski definition) is 5. The quantitative estimate of drug-likeness (QED) is 0.806. The number of aliphatic hydroxyl groups is 1. The molecule has 1 aromatic carbocycles. The van der Waals surface area contributed by atoms with Gasteiger partial charge < -0.3 is 15.2 Å². The van der Waals surface area contributed by atoms with Gasteiger partial charge in [0.25, 0.3) is 5.79 Å². The van der Waals surface area contributed by atoms with E-state index in [1.165, 1.54) is 12.2 Å². The van der Waals surface area contributed by atoms with Gasteiger partial charge in [0.15, 0.2) is 5.78 Å². The van der Waals surface area contributed by atoms with E-state index < -0.39 is 17.1 Å². The molecule has 2 aliphatic rings. The third kappa shape index (κ3) is 2.28. The van der Waals surface area contributed by atoms with Crippen molar-refractivity contribution in [2.24, 2.45) is 0 Å². The number of hydrogen-bond donors (Lipinski definition) is 2. The van der Waals surface area contributed by atoms with Gasteiger partial charge in [0.05, 0.1) is 17.8 Å². The average molecular weight is 299 g/mol. The summed E-state index contributed by atoms with van der Waals surface area (Å²) in [6, 6.07) is 8.71. The molecule has 1 saturated heterocycles. The average Bonchev–Trinajstić information content (AvgIpc) is 2.50. The van der Waals surface area contributed by atoms with E-state index in [-0.39, 0.29) is 23.7 Å². The zero-order chi connectivity index (χ0) is 16.0. The van der Waals surface area contributed by atoms with Gasteiger partial charge in [-0.1, -0.05) is 30.3 Å². The molecule has 1 aliphatic carbocycles. The fourth-order valence-corrected chi connectivity index (χ4v) is 2.55. The van der Waals surface area contributed by atoms with Crippen LogP contribution in [-0.4, -0.2) is 34.6 Å². The van der Waals surface area contributed by atoms with Gasteiger partial charge in [0.2, 0.25) is 5.78 Å². The molecule has 1 aliphatic heterocycles. The molecule has 114 valence electrons. The van der Waals surface area contributed by atoms with E-state index >= 15 is 0 Å². The molecule has 1 aromatic rings. The van der Waals surface area contributed by atoms with Crippen LogP contribution < -0.4 is 5.32 Å². The highest BCUT2D eigenvalue weighted by Gasteiger charge is 2.50. The Bertz CT molecular complexity index is 703. The van der Waals surface area contributed by atoms with Gasteiger partial charge in [-0.2, -0.15) is 0 Å². The monoisotopic (exact) mass is 299 g/mol. The van der Waals surface area contributed by atoms with Crippen LogP contribution >= 0.6 is 0 Å². The predicted molar refractivity (Wildman–Crippen MR) is 80.1 cm³/mol. The number of nitrogens with one attached hydrogen (secondary N) is 1. The highest BCUT2D eigenvalue weighted by atomic mass is 16.6. The lowest BCUT2D eigenvalue weighted by atomic mass is 9.87. The molecule has 1 unspecified atom stereocenters. The Labute approximate surface area is 128 Å². The largest absolute Gasteiger partial charge is 0.376 e. The molecule has 0 aromatic heterocycles. The number of ketones is 2. The second-order valence-corrected chi connectivity index (χ2v) is 6.12. The maximum absolute atomic E-state index is 12.7. The maximum atomic E-state index is 12.7. The SMILES string of the molecule is CC1(C)COC2(O)C(=O)C=CC(C(=O)c3ccccc3)=C2N1. The van der Waals surface area contributed by atoms with E-state index in [4.69, 9.17) is 4.74 Å². The van der Waals surface area contributed by atoms with Gasteiger partial charge in [-0.05, 0) is 26.0 Å². The first kappa shape index (κ1) is 14.7. The molecular formula is C17H17NO4. The molecule has 1 atom stereocenters. The molecule has 2 N–H and O–H groups in total. The number of carbonyl (C=O) groups excluding carboxylic acids is 2. The summed E-state index contributed by atoms with van der Waals surface area (Å²) in [5.74, 6) is -2.97. The van der Waals surface area contributed by atoms with Gasteiger partial charge in [0, 0.05) is 11.1 Å². The normalized spacial score (nSPS) is 26.4. The smallest absolute Gasteiger partial charge is 0.273 e. The summed E-state index contributed by atoms with van der Waals surface area (Å²) in [6.45, 7) is 3.89. The number of Topliss-reactive ketones (excluding diaryl/α,β-unsaturated/α-hetero) is 1. The van der Waals surface area contributed by atoms with Crippen LogP contribution in [0.3, 0.4) is 0 Å². The Hall–Kier alpha value is -2.24. The molecule has 1 heterocycles. The molecule has 0 amide bonds. The van der Waals surface area contributed by atoms with Crippen molar-refractivity contribution in [2.75, 3.05) is 6.61 Å². The summed E-state index contributed by atoms with van der Waals surface area (Å²) in [6.07, 6.45) is 2.61. The minimum Gasteiger partial charge on any atom is -0.376 e. The van der Waals surface area contributed by atoms with Crippen molar-refractivity contribution >= 4 is 11.6 Å². The van der Waals surface area contributed by atoms with Gasteiger partial charge >= 0.3 is 0 Å². The molecule has 0 bridgehead atoms. The van der Waals surface area contributed by atoms with Gasteiger partial charge in [0.1, 0.15) is 0 Å². The molecule has 22 heavy (non-hydrogen) atoms. The lowest BCUT2D eigenvalue weighted by molar-refractivity contribution is -0.204. The first-order valence-electron chi connectivity index (χ1n) is 7.05. The molecule has 5 heteroatoms. The van der Waals surface area contributed by atoms with Crippen LogP contribution in [0.4, 0.5) is 0 Å². The summed E-state index contributed by atoms with van der Waals surface area (Å²) in [4.78, 5) is 24.7. The van der Waals surface area contributed by atoms with E-state index in [1.54, 1.807) is 24.3 Å². The number of carbonyl (C=O) groups is 2. The van der Waals surface area contributed by atoms with E-state index in [2.05, 4.69) is 5.32 Å². The number of morpholine rings is 1. The third-order valence-corrected chi connectivity index (χ3v) is 3.73. The van der Waals surface area contributed by atoms with Crippen molar-refractivity contribution in [3.05, 3.63) is 59.3 Å². The number of fused-ring (bicyclic) bond motifs is 1. The van der Waals surface area contributed by atoms with Crippen LogP contribution in [0.25, 0.3) is 0 Å². The molecule has 3 rings (SSSR count). The highest BCUT2D eigenvalue weighted by molar-refractivity contribution is 6.14. The lowest BCUT2D eigenvalue weighted by Crippen LogP contribution is -2.62. The Morgan fingerprint density at radius 3 is 2.59 bits per heavy atom. The standard InChI is InChI=1S/C17H17NO4/c1-16(2)10-22-17(21)13(19)9-8-12(15(17)18-16)14(20)11-6-4-3-5-7-11/h3-9,18,21H,10H2,1-2H3. The summed E-state index contributed by atoms with van der Waals surface area (Å²) in [7, 11) is 0. The van der Waals surface area contributed by atoms with Crippen molar-refractivity contribution in [1.82, 2.24) is 5.32 Å². The Kier molecular flexibility index (Phi) is 3.27. The predicted octanol–water partition coefficient (Wildman–Crippen LogP) is 1.35. The van der Waals surface area contributed by atoms with Crippen molar-refractivity contribution in [3.63, 3.8) is 0 Å². The second kappa shape index (κ2) is 4.90. The van der Waals surface area contributed by atoms with Gasteiger partial charge in [-0.25, -0.2) is 0 Å². The third-order valence-electron chi connectivity index (χ3n) is 3.73. The van der Waals surface area contributed by atoms with Crippen LogP contribution in [0.15, 0.2) is 53.8 Å². The first-order chi connectivity index (χ1) is 10.3. The van der Waals surface area contributed by atoms with Crippen molar-refractivity contribution in [2.45, 2.75) is 25.2 Å². The molecule has 5 nitrogen and oxygen atoms in total. The first-order valence-corrected chi connectivity index (χ1v) is 7.05. The maximum Gasteiger partial charge on any atom is 0.273 e. The summed E-state index contributed by atoms with van der Waals surface area (Å²) in [5.41, 5.74) is 0.345. The second-order valence-electron chi connectivity index (χ2n) is 6.12. The fraction of sp³-hybridized carbons (Fsp3) is 0.294. The molecular weight excluding hydrogens is 282 g/mol. The Balaban J connectivity index is 2.11. The van der Waals surface area contributed by atoms with Gasteiger partial charge in [-0.15, -0.1) is 0 Å². The zero-order valence-corrected chi connectivity index (χ0v) is 12.4. The minimum absolute atomic E-state index is 0.116. The van der Waals surface area contributed by atoms with Crippen LogP contribution in [0.5, 0.6) is 0 Å². The molecule has 0 saturated carbocycles. The van der Waals surface area contributed by atoms with Crippen LogP contribution in [0, 0.1) is 0 Å². The number of ether oxygens (including phenoxy) is 1. The van der Waals surface area contributed by atoms with Crippen LogP contribution in [0.2, 0.25) is 0 Å². The lowest BCUT2D eigenvalue weighted by Gasteiger charge is -2.44. The van der Waals surface area contributed by atoms with E-state index in [0.717, 1.165) is 0 Å². The van der Waals surface area contributed by atoms with E-state index in [1.807, 2.05) is 19.9 Å². The topological polar surface area (TPSA) is 75.6 Å². The number of allylic oxidation sites excluding steroid dienone is 2. The zero-order valence-electron chi connectivity index (χ0n) is 12.4. The Morgan fingerprint density at radius 2 is 1.91 bits per heavy atom. The number of rotatable bonds is 2. The van der Waals surface area contributed by atoms with E-state index in [9.17, 15) is 14.7 Å². The summed E-state index contributed by atoms with van der Waals surface area (Å²) < 4.78 is 5.40. The fourth-order valence-electron chi connectivity index (χ4n) is 2.55. The Morgan fingerprint density at radius 1 is 1.23 bits per heavy atom. The van der Waals surface area contributed by atoms with E-state index in [0.29, 0.717) is 5.56 Å².